The molecule has 2 aromatic carbocycles. The number of benzene rings is 2. The highest BCUT2D eigenvalue weighted by molar-refractivity contribution is 9.10. The second-order valence-electron chi connectivity index (χ2n) is 4.39. The first-order chi connectivity index (χ1) is 9.24. The van der Waals surface area contributed by atoms with E-state index in [1.165, 1.54) is 0 Å². The van der Waals surface area contributed by atoms with E-state index in [4.69, 9.17) is 4.74 Å². The first-order valence-corrected chi connectivity index (χ1v) is 6.83. The first-order valence-electron chi connectivity index (χ1n) is 6.04. The van der Waals surface area contributed by atoms with Crippen LogP contribution in [0.2, 0.25) is 0 Å². The Balaban J connectivity index is 1.72. The molecule has 0 unspecified atom stereocenters. The molecule has 0 aromatic heterocycles. The summed E-state index contributed by atoms with van der Waals surface area (Å²) in [7, 11) is 0. The number of fused-ring (bicyclic) bond motifs is 1. The van der Waals surface area contributed by atoms with Gasteiger partial charge in [0.2, 0.25) is 0 Å². The van der Waals surface area contributed by atoms with Gasteiger partial charge in [-0.3, -0.25) is 4.79 Å². The molecule has 19 heavy (non-hydrogen) atoms. The Morgan fingerprint density at radius 3 is 2.68 bits per heavy atom. The molecule has 1 heterocycles. The fourth-order valence-corrected chi connectivity index (χ4v) is 2.49. The zero-order valence-electron chi connectivity index (χ0n) is 10.1. The van der Waals surface area contributed by atoms with E-state index in [2.05, 4.69) is 21.2 Å². The minimum atomic E-state index is -0.454. The van der Waals surface area contributed by atoms with E-state index in [1.807, 2.05) is 48.5 Å². The van der Waals surface area contributed by atoms with Crippen molar-refractivity contribution in [3.63, 3.8) is 0 Å². The maximum Gasteiger partial charge on any atom is 0.265 e. The van der Waals surface area contributed by atoms with Gasteiger partial charge in [0.05, 0.1) is 5.69 Å². The molecule has 0 fully saturated rings. The molecule has 0 bridgehead atoms. The summed E-state index contributed by atoms with van der Waals surface area (Å²) < 4.78 is 6.51. The number of hydrogen-bond donors (Lipinski definition) is 1. The molecular weight excluding hydrogens is 306 g/mol. The highest BCUT2D eigenvalue weighted by Gasteiger charge is 2.28. The van der Waals surface area contributed by atoms with Crippen LogP contribution in [-0.4, -0.2) is 12.0 Å². The molecule has 0 saturated carbocycles. The van der Waals surface area contributed by atoms with E-state index < -0.39 is 6.10 Å². The SMILES string of the molecule is O=C(Nc1ccccc1Br)[C@H]1Cc2ccccc2O1. The number of anilines is 1. The number of nitrogens with one attached hydrogen (secondary N) is 1. The molecule has 0 aliphatic carbocycles. The lowest BCUT2D eigenvalue weighted by Crippen LogP contribution is -2.31. The van der Waals surface area contributed by atoms with E-state index in [1.54, 1.807) is 0 Å². The third kappa shape index (κ3) is 2.49. The van der Waals surface area contributed by atoms with Crippen LogP contribution in [0.3, 0.4) is 0 Å². The lowest BCUT2D eigenvalue weighted by Gasteiger charge is -2.12. The molecule has 1 aliphatic rings. The van der Waals surface area contributed by atoms with Crippen LogP contribution in [0, 0.1) is 0 Å². The van der Waals surface area contributed by atoms with E-state index in [0.29, 0.717) is 6.42 Å². The monoisotopic (exact) mass is 317 g/mol. The fraction of sp³-hybridized carbons (Fsp3) is 0.133. The third-order valence-electron chi connectivity index (χ3n) is 3.07. The number of ether oxygens (including phenoxy) is 1. The lowest BCUT2D eigenvalue weighted by molar-refractivity contribution is -0.122. The number of para-hydroxylation sites is 2. The minimum absolute atomic E-state index is 0.122. The summed E-state index contributed by atoms with van der Waals surface area (Å²) in [4.78, 5) is 12.2. The van der Waals surface area contributed by atoms with Gasteiger partial charge in [0.15, 0.2) is 6.10 Å². The molecule has 4 heteroatoms. The van der Waals surface area contributed by atoms with Crippen molar-refractivity contribution in [2.24, 2.45) is 0 Å². The summed E-state index contributed by atoms with van der Waals surface area (Å²) in [6.07, 6.45) is 0.163. The zero-order valence-corrected chi connectivity index (χ0v) is 11.7. The van der Waals surface area contributed by atoms with Crippen molar-refractivity contribution in [1.82, 2.24) is 0 Å². The van der Waals surface area contributed by atoms with Crippen molar-refractivity contribution in [1.29, 1.82) is 0 Å². The average Bonchev–Trinajstić information content (AvgIpc) is 2.85. The van der Waals surface area contributed by atoms with Crippen LogP contribution in [0.4, 0.5) is 5.69 Å². The van der Waals surface area contributed by atoms with Crippen LogP contribution in [0.1, 0.15) is 5.56 Å². The van der Waals surface area contributed by atoms with Crippen LogP contribution < -0.4 is 10.1 Å². The van der Waals surface area contributed by atoms with Crippen LogP contribution in [0.15, 0.2) is 53.0 Å². The highest BCUT2D eigenvalue weighted by atomic mass is 79.9. The molecule has 0 spiro atoms. The van der Waals surface area contributed by atoms with Crippen molar-refractivity contribution in [2.45, 2.75) is 12.5 Å². The van der Waals surface area contributed by atoms with Crippen molar-refractivity contribution >= 4 is 27.5 Å². The van der Waals surface area contributed by atoms with Crippen LogP contribution >= 0.6 is 15.9 Å². The Labute approximate surface area is 119 Å². The molecule has 3 nitrogen and oxygen atoms in total. The summed E-state index contributed by atoms with van der Waals surface area (Å²) in [5.41, 5.74) is 1.84. The number of carbonyl (C=O) groups excluding carboxylic acids is 1. The van der Waals surface area contributed by atoms with Crippen molar-refractivity contribution in [3.05, 3.63) is 58.6 Å². The number of halogens is 1. The molecule has 1 aliphatic heterocycles. The Morgan fingerprint density at radius 1 is 1.16 bits per heavy atom. The van der Waals surface area contributed by atoms with E-state index in [-0.39, 0.29) is 5.91 Å². The molecule has 1 amide bonds. The number of carbonyl (C=O) groups is 1. The molecule has 1 N–H and O–H groups in total. The van der Waals surface area contributed by atoms with Crippen LogP contribution in [-0.2, 0) is 11.2 Å². The van der Waals surface area contributed by atoms with Crippen molar-refractivity contribution in [3.8, 4) is 5.75 Å². The van der Waals surface area contributed by atoms with E-state index >= 15 is 0 Å². The Morgan fingerprint density at radius 2 is 1.89 bits per heavy atom. The van der Waals surface area contributed by atoms with Gasteiger partial charge in [-0.05, 0) is 39.7 Å². The van der Waals surface area contributed by atoms with Gasteiger partial charge in [0.25, 0.3) is 5.91 Å². The molecule has 0 saturated heterocycles. The largest absolute Gasteiger partial charge is 0.480 e. The topological polar surface area (TPSA) is 38.3 Å². The van der Waals surface area contributed by atoms with Gasteiger partial charge in [0.1, 0.15) is 5.75 Å². The smallest absolute Gasteiger partial charge is 0.265 e. The normalized spacial score (nSPS) is 16.6. The second-order valence-corrected chi connectivity index (χ2v) is 5.24. The maximum absolute atomic E-state index is 12.2. The van der Waals surface area contributed by atoms with Gasteiger partial charge in [-0.25, -0.2) is 0 Å². The van der Waals surface area contributed by atoms with Gasteiger partial charge < -0.3 is 10.1 Å². The fourth-order valence-electron chi connectivity index (χ4n) is 2.10. The molecule has 96 valence electrons. The highest BCUT2D eigenvalue weighted by Crippen LogP contribution is 2.29. The Kier molecular flexibility index (Phi) is 3.25. The van der Waals surface area contributed by atoms with E-state index in [9.17, 15) is 4.79 Å². The first kappa shape index (κ1) is 12.2. The van der Waals surface area contributed by atoms with Gasteiger partial charge >= 0.3 is 0 Å². The summed E-state index contributed by atoms with van der Waals surface area (Å²) >= 11 is 3.41. The molecular formula is C15H12BrNO2. The molecule has 0 radical (unpaired) electrons. The van der Waals surface area contributed by atoms with Gasteiger partial charge in [-0.15, -0.1) is 0 Å². The maximum atomic E-state index is 12.2. The standard InChI is InChI=1S/C15H12BrNO2/c16-11-6-2-3-7-12(11)17-15(18)14-9-10-5-1-4-8-13(10)19-14/h1-8,14H,9H2,(H,17,18)/t14-/m1/s1. The van der Waals surface area contributed by atoms with Crippen molar-refractivity contribution in [2.75, 3.05) is 5.32 Å². The second kappa shape index (κ2) is 5.05. The summed E-state index contributed by atoms with van der Waals surface area (Å²) in [5, 5.41) is 2.88. The van der Waals surface area contributed by atoms with Crippen molar-refractivity contribution < 1.29 is 9.53 Å². The number of rotatable bonds is 2. The lowest BCUT2D eigenvalue weighted by atomic mass is 10.1. The molecule has 2 aromatic rings. The summed E-state index contributed by atoms with van der Waals surface area (Å²) in [6, 6.07) is 15.3. The zero-order chi connectivity index (χ0) is 13.2. The van der Waals surface area contributed by atoms with E-state index in [0.717, 1.165) is 21.5 Å². The predicted octanol–water partition coefficient (Wildman–Crippen LogP) is 3.39. The number of amides is 1. The van der Waals surface area contributed by atoms with Gasteiger partial charge in [-0.1, -0.05) is 30.3 Å². The predicted molar refractivity (Wildman–Crippen MR) is 77.3 cm³/mol. The average molecular weight is 318 g/mol. The number of hydrogen-bond acceptors (Lipinski definition) is 2. The van der Waals surface area contributed by atoms with Gasteiger partial charge in [-0.2, -0.15) is 0 Å². The Bertz CT molecular complexity index is 602. The molecule has 3 rings (SSSR count). The summed E-state index contributed by atoms with van der Waals surface area (Å²) in [5.74, 6) is 0.679. The van der Waals surface area contributed by atoms with Crippen LogP contribution in [0.5, 0.6) is 5.75 Å². The third-order valence-corrected chi connectivity index (χ3v) is 3.76. The van der Waals surface area contributed by atoms with Crippen LogP contribution in [0.25, 0.3) is 0 Å². The quantitative estimate of drug-likeness (QED) is 0.922. The molecule has 1 atom stereocenters. The van der Waals surface area contributed by atoms with Gasteiger partial charge in [0, 0.05) is 10.9 Å². The minimum Gasteiger partial charge on any atom is -0.480 e. The Hall–Kier alpha value is -1.81. The summed E-state index contributed by atoms with van der Waals surface area (Å²) in [6.45, 7) is 0.